The molecule has 2 aliphatic rings. The van der Waals surface area contributed by atoms with Gasteiger partial charge in [0.2, 0.25) is 0 Å². The molecule has 0 spiro atoms. The fourth-order valence-electron chi connectivity index (χ4n) is 2.62. The lowest BCUT2D eigenvalue weighted by molar-refractivity contribution is -0.263. The molecule has 2 aliphatic heterocycles. The predicted molar refractivity (Wildman–Crippen MR) is 63.6 cm³/mol. The molecule has 0 aliphatic carbocycles. The Hall–Kier alpha value is -0.160. The molecular weight excluding hydrogens is 220 g/mol. The van der Waals surface area contributed by atoms with Gasteiger partial charge in [-0.2, -0.15) is 0 Å². The molecule has 0 aromatic rings. The lowest BCUT2D eigenvalue weighted by Gasteiger charge is -2.39. The molecule has 2 heterocycles. The summed E-state index contributed by atoms with van der Waals surface area (Å²) in [5.41, 5.74) is 0. The molecule has 17 heavy (non-hydrogen) atoms. The highest BCUT2D eigenvalue weighted by molar-refractivity contribution is 4.79. The van der Waals surface area contributed by atoms with Gasteiger partial charge in [0.1, 0.15) is 0 Å². The fraction of sp³-hybridized carbons (Fsp3) is 1.00. The molecule has 2 fully saturated rings. The van der Waals surface area contributed by atoms with Crippen molar-refractivity contribution in [2.45, 2.75) is 70.7 Å². The Labute approximate surface area is 103 Å². The average molecular weight is 244 g/mol. The minimum absolute atomic E-state index is 0.108. The summed E-state index contributed by atoms with van der Waals surface area (Å²) in [5.74, 6) is 0.504. The van der Waals surface area contributed by atoms with Crippen molar-refractivity contribution in [3.05, 3.63) is 0 Å². The number of rotatable bonds is 2. The molecule has 1 unspecified atom stereocenters. The standard InChI is InChI=1S/C13H24O4/c1-8-6-7-15-10(3)13(8)17-12-5-4-11(14)9(2)16-12/h8-14H,4-7H2,1-3H3/t8-,9+,10-,11?,12-,13-/m0/s1. The number of aliphatic hydroxyl groups is 1. The molecule has 0 radical (unpaired) electrons. The smallest absolute Gasteiger partial charge is 0.158 e. The van der Waals surface area contributed by atoms with Gasteiger partial charge in [-0.25, -0.2) is 0 Å². The van der Waals surface area contributed by atoms with E-state index in [-0.39, 0.29) is 30.7 Å². The Kier molecular flexibility index (Phi) is 4.42. The molecule has 100 valence electrons. The van der Waals surface area contributed by atoms with E-state index in [1.54, 1.807) is 0 Å². The second-order valence-electron chi connectivity index (χ2n) is 5.36. The minimum atomic E-state index is -0.354. The van der Waals surface area contributed by atoms with Gasteiger partial charge in [0.05, 0.1) is 24.4 Å². The summed E-state index contributed by atoms with van der Waals surface area (Å²) in [5, 5.41) is 9.60. The Morgan fingerprint density at radius 2 is 1.82 bits per heavy atom. The second kappa shape index (κ2) is 5.65. The largest absolute Gasteiger partial charge is 0.390 e. The summed E-state index contributed by atoms with van der Waals surface area (Å²) < 4.78 is 17.3. The van der Waals surface area contributed by atoms with E-state index in [2.05, 4.69) is 13.8 Å². The summed E-state index contributed by atoms with van der Waals surface area (Å²) in [6.07, 6.45) is 2.12. The fourth-order valence-corrected chi connectivity index (χ4v) is 2.62. The number of ether oxygens (including phenoxy) is 3. The molecule has 2 rings (SSSR count). The van der Waals surface area contributed by atoms with Crippen LogP contribution in [-0.2, 0) is 14.2 Å². The van der Waals surface area contributed by atoms with Crippen LogP contribution in [-0.4, -0.2) is 42.4 Å². The molecule has 6 atom stereocenters. The van der Waals surface area contributed by atoms with Gasteiger partial charge >= 0.3 is 0 Å². The molecule has 0 amide bonds. The van der Waals surface area contributed by atoms with E-state index < -0.39 is 0 Å². The van der Waals surface area contributed by atoms with Crippen molar-refractivity contribution in [3.8, 4) is 0 Å². The van der Waals surface area contributed by atoms with Gasteiger partial charge in [0.25, 0.3) is 0 Å². The van der Waals surface area contributed by atoms with Crippen LogP contribution in [0.1, 0.15) is 40.0 Å². The van der Waals surface area contributed by atoms with Crippen LogP contribution in [0, 0.1) is 5.92 Å². The topological polar surface area (TPSA) is 47.9 Å². The van der Waals surface area contributed by atoms with Gasteiger partial charge in [0, 0.05) is 13.0 Å². The van der Waals surface area contributed by atoms with Crippen LogP contribution in [0.3, 0.4) is 0 Å². The van der Waals surface area contributed by atoms with Gasteiger partial charge in [0.15, 0.2) is 6.29 Å². The first-order chi connectivity index (χ1) is 8.08. The van der Waals surface area contributed by atoms with Crippen molar-refractivity contribution in [1.82, 2.24) is 0 Å². The van der Waals surface area contributed by atoms with Crippen molar-refractivity contribution >= 4 is 0 Å². The second-order valence-corrected chi connectivity index (χ2v) is 5.36. The van der Waals surface area contributed by atoms with E-state index in [1.165, 1.54) is 0 Å². The Bertz CT molecular complexity index is 236. The van der Waals surface area contributed by atoms with Crippen molar-refractivity contribution in [3.63, 3.8) is 0 Å². The first-order valence-corrected chi connectivity index (χ1v) is 6.68. The SMILES string of the molecule is C[C@@H]1OCC[C@H](C)[C@@H]1O[C@H]1CCC(O)[C@@H](C)O1. The summed E-state index contributed by atoms with van der Waals surface area (Å²) >= 11 is 0. The highest BCUT2D eigenvalue weighted by Gasteiger charge is 2.34. The molecule has 0 bridgehead atoms. The van der Waals surface area contributed by atoms with Crippen LogP contribution in [0.2, 0.25) is 0 Å². The van der Waals surface area contributed by atoms with E-state index in [1.807, 2.05) is 6.92 Å². The van der Waals surface area contributed by atoms with Gasteiger partial charge in [-0.15, -0.1) is 0 Å². The predicted octanol–water partition coefficient (Wildman–Crippen LogP) is 1.70. The highest BCUT2D eigenvalue weighted by Crippen LogP contribution is 2.28. The van der Waals surface area contributed by atoms with Gasteiger partial charge < -0.3 is 19.3 Å². The summed E-state index contributed by atoms with van der Waals surface area (Å²) in [6.45, 7) is 6.97. The van der Waals surface area contributed by atoms with Crippen LogP contribution >= 0.6 is 0 Å². The minimum Gasteiger partial charge on any atom is -0.390 e. The van der Waals surface area contributed by atoms with Gasteiger partial charge in [-0.3, -0.25) is 0 Å². The lowest BCUT2D eigenvalue weighted by Crippen LogP contribution is -2.46. The monoisotopic (exact) mass is 244 g/mol. The Morgan fingerprint density at radius 3 is 2.47 bits per heavy atom. The zero-order valence-corrected chi connectivity index (χ0v) is 11.0. The maximum absolute atomic E-state index is 9.60. The van der Waals surface area contributed by atoms with E-state index in [0.29, 0.717) is 5.92 Å². The first kappa shape index (κ1) is 13.3. The normalized spacial score (nSPS) is 48.0. The van der Waals surface area contributed by atoms with Gasteiger partial charge in [-0.05, 0) is 32.6 Å². The van der Waals surface area contributed by atoms with Crippen molar-refractivity contribution in [2.75, 3.05) is 6.61 Å². The van der Waals surface area contributed by atoms with Crippen LogP contribution < -0.4 is 0 Å². The third-order valence-electron chi connectivity index (χ3n) is 3.89. The summed E-state index contributed by atoms with van der Waals surface area (Å²) in [6, 6.07) is 0. The third-order valence-corrected chi connectivity index (χ3v) is 3.89. The van der Waals surface area contributed by atoms with E-state index in [4.69, 9.17) is 14.2 Å². The zero-order chi connectivity index (χ0) is 12.4. The highest BCUT2D eigenvalue weighted by atomic mass is 16.7. The molecule has 4 nitrogen and oxygen atoms in total. The molecule has 4 heteroatoms. The number of hydrogen-bond donors (Lipinski definition) is 1. The van der Waals surface area contributed by atoms with E-state index in [0.717, 1.165) is 25.9 Å². The van der Waals surface area contributed by atoms with Crippen LogP contribution in [0.15, 0.2) is 0 Å². The quantitative estimate of drug-likeness (QED) is 0.803. The molecule has 1 N–H and O–H groups in total. The van der Waals surface area contributed by atoms with Crippen molar-refractivity contribution in [1.29, 1.82) is 0 Å². The Balaban J connectivity index is 1.87. The molecule has 0 aromatic carbocycles. The maximum Gasteiger partial charge on any atom is 0.158 e. The average Bonchev–Trinajstić information content (AvgIpc) is 2.28. The lowest BCUT2D eigenvalue weighted by atomic mass is 9.94. The third kappa shape index (κ3) is 3.19. The van der Waals surface area contributed by atoms with E-state index in [9.17, 15) is 5.11 Å². The molecule has 0 saturated carbocycles. The molecule has 0 aromatic heterocycles. The van der Waals surface area contributed by atoms with Crippen LogP contribution in [0.25, 0.3) is 0 Å². The van der Waals surface area contributed by atoms with Crippen molar-refractivity contribution in [2.24, 2.45) is 5.92 Å². The number of aliphatic hydroxyl groups excluding tert-OH is 1. The molecule has 2 saturated heterocycles. The molecular formula is C13H24O4. The Morgan fingerprint density at radius 1 is 1.06 bits per heavy atom. The van der Waals surface area contributed by atoms with Crippen molar-refractivity contribution < 1.29 is 19.3 Å². The van der Waals surface area contributed by atoms with Crippen LogP contribution in [0.4, 0.5) is 0 Å². The maximum atomic E-state index is 9.60. The first-order valence-electron chi connectivity index (χ1n) is 6.68. The van der Waals surface area contributed by atoms with E-state index >= 15 is 0 Å². The number of hydrogen-bond acceptors (Lipinski definition) is 4. The van der Waals surface area contributed by atoms with Gasteiger partial charge in [-0.1, -0.05) is 6.92 Å². The summed E-state index contributed by atoms with van der Waals surface area (Å²) in [4.78, 5) is 0. The van der Waals surface area contributed by atoms with Crippen LogP contribution in [0.5, 0.6) is 0 Å². The summed E-state index contributed by atoms with van der Waals surface area (Å²) in [7, 11) is 0. The zero-order valence-electron chi connectivity index (χ0n) is 11.0.